The SMILES string of the molecule is CN1CCC(C)(C)[C@@]1(C)C(=O)O. The Morgan fingerprint density at radius 1 is 1.42 bits per heavy atom. The molecule has 0 spiro atoms. The van der Waals surface area contributed by atoms with Crippen molar-refractivity contribution in [2.75, 3.05) is 13.6 Å². The summed E-state index contributed by atoms with van der Waals surface area (Å²) in [6.45, 7) is 6.72. The number of aliphatic carboxylic acids is 1. The summed E-state index contributed by atoms with van der Waals surface area (Å²) < 4.78 is 0. The van der Waals surface area contributed by atoms with Crippen LogP contribution in [-0.2, 0) is 4.79 Å². The van der Waals surface area contributed by atoms with Crippen molar-refractivity contribution in [1.29, 1.82) is 0 Å². The van der Waals surface area contributed by atoms with Crippen LogP contribution in [0.2, 0.25) is 0 Å². The molecule has 1 N–H and O–H groups in total. The van der Waals surface area contributed by atoms with Crippen molar-refractivity contribution in [2.24, 2.45) is 5.41 Å². The lowest BCUT2D eigenvalue weighted by molar-refractivity contribution is -0.152. The average Bonchev–Trinajstić information content (AvgIpc) is 2.15. The van der Waals surface area contributed by atoms with Gasteiger partial charge in [-0.25, -0.2) is 0 Å². The van der Waals surface area contributed by atoms with Gasteiger partial charge in [0.1, 0.15) is 5.54 Å². The summed E-state index contributed by atoms with van der Waals surface area (Å²) in [5.41, 5.74) is -0.833. The summed E-state index contributed by atoms with van der Waals surface area (Å²) in [7, 11) is 1.88. The molecule has 1 saturated heterocycles. The second kappa shape index (κ2) is 2.46. The highest BCUT2D eigenvalue weighted by atomic mass is 16.4. The summed E-state index contributed by atoms with van der Waals surface area (Å²) in [5.74, 6) is -0.715. The van der Waals surface area contributed by atoms with Gasteiger partial charge in [0.05, 0.1) is 0 Å². The Hall–Kier alpha value is -0.570. The molecule has 0 amide bonds. The summed E-state index contributed by atoms with van der Waals surface area (Å²) in [6, 6.07) is 0. The molecule has 0 saturated carbocycles. The highest BCUT2D eigenvalue weighted by Gasteiger charge is 2.54. The van der Waals surface area contributed by atoms with E-state index < -0.39 is 11.5 Å². The van der Waals surface area contributed by atoms with Crippen molar-refractivity contribution < 1.29 is 9.90 Å². The van der Waals surface area contributed by atoms with Crippen molar-refractivity contribution in [2.45, 2.75) is 32.7 Å². The van der Waals surface area contributed by atoms with E-state index in [0.29, 0.717) is 0 Å². The molecule has 0 radical (unpaired) electrons. The normalized spacial score (nSPS) is 35.3. The van der Waals surface area contributed by atoms with E-state index in [9.17, 15) is 4.79 Å². The first-order chi connectivity index (χ1) is 5.32. The maximum atomic E-state index is 11.1. The quantitative estimate of drug-likeness (QED) is 0.644. The molecule has 12 heavy (non-hydrogen) atoms. The zero-order chi connectivity index (χ0) is 9.57. The Morgan fingerprint density at radius 2 is 1.92 bits per heavy atom. The lowest BCUT2D eigenvalue weighted by Crippen LogP contribution is -2.53. The Kier molecular flexibility index (Phi) is 1.95. The first kappa shape index (κ1) is 9.52. The number of nitrogens with zero attached hydrogens (tertiary/aromatic N) is 1. The molecule has 70 valence electrons. The lowest BCUT2D eigenvalue weighted by Gasteiger charge is -2.38. The van der Waals surface area contributed by atoms with Crippen LogP contribution in [-0.4, -0.2) is 35.1 Å². The topological polar surface area (TPSA) is 40.5 Å². The van der Waals surface area contributed by atoms with Crippen LogP contribution in [0.15, 0.2) is 0 Å². The number of likely N-dealkylation sites (tertiary alicyclic amines) is 1. The van der Waals surface area contributed by atoms with Crippen LogP contribution < -0.4 is 0 Å². The van der Waals surface area contributed by atoms with E-state index in [0.717, 1.165) is 13.0 Å². The first-order valence-corrected chi connectivity index (χ1v) is 4.27. The van der Waals surface area contributed by atoms with Crippen LogP contribution in [0.25, 0.3) is 0 Å². The molecule has 0 aliphatic carbocycles. The molecule has 1 aliphatic heterocycles. The molecule has 1 fully saturated rings. The van der Waals surface area contributed by atoms with Crippen molar-refractivity contribution in [3.05, 3.63) is 0 Å². The largest absolute Gasteiger partial charge is 0.480 e. The molecule has 0 aromatic heterocycles. The van der Waals surface area contributed by atoms with Crippen molar-refractivity contribution >= 4 is 5.97 Å². The van der Waals surface area contributed by atoms with Gasteiger partial charge in [0.25, 0.3) is 0 Å². The molecule has 1 rings (SSSR count). The monoisotopic (exact) mass is 171 g/mol. The predicted molar refractivity (Wildman–Crippen MR) is 47.1 cm³/mol. The van der Waals surface area contributed by atoms with E-state index in [-0.39, 0.29) is 5.41 Å². The van der Waals surface area contributed by atoms with E-state index in [4.69, 9.17) is 5.11 Å². The second-order valence-electron chi connectivity index (χ2n) is 4.43. The van der Waals surface area contributed by atoms with Crippen LogP contribution in [0.5, 0.6) is 0 Å². The Morgan fingerprint density at radius 3 is 2.08 bits per heavy atom. The minimum atomic E-state index is -0.715. The summed E-state index contributed by atoms with van der Waals surface area (Å²) >= 11 is 0. The fraction of sp³-hybridized carbons (Fsp3) is 0.889. The highest BCUT2D eigenvalue weighted by molar-refractivity contribution is 5.80. The standard InChI is InChI=1S/C9H17NO2/c1-8(2)5-6-10(4)9(8,3)7(11)12/h5-6H2,1-4H3,(H,11,12)/t9-/m1/s1. The third kappa shape index (κ3) is 0.959. The van der Waals surface area contributed by atoms with Crippen LogP contribution in [0.3, 0.4) is 0 Å². The maximum Gasteiger partial charge on any atom is 0.324 e. The van der Waals surface area contributed by atoms with Gasteiger partial charge >= 0.3 is 5.97 Å². The molecule has 1 atom stereocenters. The predicted octanol–water partition coefficient (Wildman–Crippen LogP) is 1.19. The second-order valence-corrected chi connectivity index (χ2v) is 4.43. The van der Waals surface area contributed by atoms with Crippen molar-refractivity contribution in [3.8, 4) is 0 Å². The van der Waals surface area contributed by atoms with Gasteiger partial charge in [-0.3, -0.25) is 9.69 Å². The molecule has 3 heteroatoms. The van der Waals surface area contributed by atoms with Gasteiger partial charge in [0, 0.05) is 0 Å². The molecule has 0 aromatic carbocycles. The van der Waals surface area contributed by atoms with Gasteiger partial charge in [0.2, 0.25) is 0 Å². The third-order valence-corrected chi connectivity index (χ3v) is 3.57. The smallest absolute Gasteiger partial charge is 0.324 e. The van der Waals surface area contributed by atoms with E-state index in [1.54, 1.807) is 0 Å². The van der Waals surface area contributed by atoms with Gasteiger partial charge < -0.3 is 5.11 Å². The van der Waals surface area contributed by atoms with Crippen LogP contribution in [0.1, 0.15) is 27.2 Å². The molecular formula is C9H17NO2. The number of carbonyl (C=O) groups is 1. The van der Waals surface area contributed by atoms with Crippen LogP contribution in [0, 0.1) is 5.41 Å². The van der Waals surface area contributed by atoms with Crippen LogP contribution >= 0.6 is 0 Å². The zero-order valence-corrected chi connectivity index (χ0v) is 8.22. The number of rotatable bonds is 1. The molecule has 1 aliphatic rings. The summed E-state index contributed by atoms with van der Waals surface area (Å²) in [6.07, 6.45) is 0.951. The average molecular weight is 171 g/mol. The first-order valence-electron chi connectivity index (χ1n) is 4.27. The van der Waals surface area contributed by atoms with Crippen molar-refractivity contribution in [1.82, 2.24) is 4.90 Å². The Bertz CT molecular complexity index is 213. The highest BCUT2D eigenvalue weighted by Crippen LogP contribution is 2.44. The molecule has 0 aromatic rings. The number of carboxylic acids is 1. The number of likely N-dealkylation sites (N-methyl/N-ethyl adjacent to an activating group) is 1. The van der Waals surface area contributed by atoms with E-state index in [1.165, 1.54) is 0 Å². The fourth-order valence-corrected chi connectivity index (χ4v) is 1.88. The number of hydrogen-bond donors (Lipinski definition) is 1. The zero-order valence-electron chi connectivity index (χ0n) is 8.22. The van der Waals surface area contributed by atoms with Gasteiger partial charge in [-0.2, -0.15) is 0 Å². The van der Waals surface area contributed by atoms with Gasteiger partial charge in [0.15, 0.2) is 0 Å². The Labute approximate surface area is 73.4 Å². The summed E-state index contributed by atoms with van der Waals surface area (Å²) in [4.78, 5) is 13.0. The van der Waals surface area contributed by atoms with Crippen LogP contribution in [0.4, 0.5) is 0 Å². The molecule has 3 nitrogen and oxygen atoms in total. The van der Waals surface area contributed by atoms with E-state index in [1.807, 2.05) is 32.7 Å². The van der Waals surface area contributed by atoms with E-state index in [2.05, 4.69) is 0 Å². The third-order valence-electron chi connectivity index (χ3n) is 3.57. The number of carboxylic acid groups (broad SMARTS) is 1. The van der Waals surface area contributed by atoms with E-state index >= 15 is 0 Å². The summed E-state index contributed by atoms with van der Waals surface area (Å²) in [5, 5.41) is 9.14. The van der Waals surface area contributed by atoms with Gasteiger partial charge in [-0.05, 0) is 32.4 Å². The molecule has 1 heterocycles. The van der Waals surface area contributed by atoms with Crippen molar-refractivity contribution in [3.63, 3.8) is 0 Å². The molecular weight excluding hydrogens is 154 g/mol. The minimum Gasteiger partial charge on any atom is -0.480 e. The number of hydrogen-bond acceptors (Lipinski definition) is 2. The minimum absolute atomic E-state index is 0.131. The van der Waals surface area contributed by atoms with Gasteiger partial charge in [-0.15, -0.1) is 0 Å². The fourth-order valence-electron chi connectivity index (χ4n) is 1.88. The molecule has 0 bridgehead atoms. The lowest BCUT2D eigenvalue weighted by atomic mass is 9.74. The van der Waals surface area contributed by atoms with Gasteiger partial charge in [-0.1, -0.05) is 13.8 Å². The molecule has 0 unspecified atom stereocenters. The Balaban J connectivity index is 3.06. The maximum absolute atomic E-state index is 11.1.